The number of nitrogens with zero attached hydrogens (tertiary/aromatic N) is 1. The number of nitrogen functional groups attached to an aromatic ring is 1. The molecule has 0 aliphatic carbocycles. The SMILES string of the molecule is CC1CCCN1c1ccc(C(=N)N)cc1Cl. The molecule has 1 saturated heterocycles. The molecule has 1 heterocycles. The van der Waals surface area contributed by atoms with Gasteiger partial charge in [-0.25, -0.2) is 0 Å². The van der Waals surface area contributed by atoms with Crippen LogP contribution in [0.25, 0.3) is 0 Å². The van der Waals surface area contributed by atoms with Crippen LogP contribution >= 0.6 is 11.6 Å². The lowest BCUT2D eigenvalue weighted by Crippen LogP contribution is -2.26. The quantitative estimate of drug-likeness (QED) is 0.614. The molecule has 0 aromatic heterocycles. The molecule has 0 bridgehead atoms. The number of rotatable bonds is 2. The maximum absolute atomic E-state index is 7.36. The van der Waals surface area contributed by atoms with Crippen molar-refractivity contribution >= 4 is 23.1 Å². The Labute approximate surface area is 101 Å². The van der Waals surface area contributed by atoms with Gasteiger partial charge in [-0.05, 0) is 38.0 Å². The molecule has 4 heteroatoms. The predicted molar refractivity (Wildman–Crippen MR) is 68.5 cm³/mol. The van der Waals surface area contributed by atoms with E-state index in [1.807, 2.05) is 12.1 Å². The van der Waals surface area contributed by atoms with Crippen molar-refractivity contribution in [3.8, 4) is 0 Å². The number of hydrogen-bond acceptors (Lipinski definition) is 2. The highest BCUT2D eigenvalue weighted by Gasteiger charge is 2.22. The third-order valence-corrected chi connectivity index (χ3v) is 3.42. The number of anilines is 1. The van der Waals surface area contributed by atoms with E-state index < -0.39 is 0 Å². The van der Waals surface area contributed by atoms with Crippen LogP contribution in [0.2, 0.25) is 5.02 Å². The van der Waals surface area contributed by atoms with Crippen LogP contribution in [-0.4, -0.2) is 18.4 Å². The van der Waals surface area contributed by atoms with E-state index in [2.05, 4.69) is 11.8 Å². The molecule has 3 nitrogen and oxygen atoms in total. The third-order valence-electron chi connectivity index (χ3n) is 3.12. The van der Waals surface area contributed by atoms with Crippen LogP contribution < -0.4 is 10.6 Å². The summed E-state index contributed by atoms with van der Waals surface area (Å²) in [6.45, 7) is 3.27. The van der Waals surface area contributed by atoms with Gasteiger partial charge in [0.2, 0.25) is 0 Å². The zero-order valence-electron chi connectivity index (χ0n) is 9.33. The summed E-state index contributed by atoms with van der Waals surface area (Å²) in [7, 11) is 0. The van der Waals surface area contributed by atoms with Crippen molar-refractivity contribution < 1.29 is 0 Å². The fourth-order valence-corrected chi connectivity index (χ4v) is 2.49. The molecule has 86 valence electrons. The first kappa shape index (κ1) is 11.3. The van der Waals surface area contributed by atoms with E-state index in [9.17, 15) is 0 Å². The van der Waals surface area contributed by atoms with Gasteiger partial charge in [-0.3, -0.25) is 5.41 Å². The van der Waals surface area contributed by atoms with Gasteiger partial charge in [0.25, 0.3) is 0 Å². The van der Waals surface area contributed by atoms with E-state index >= 15 is 0 Å². The molecular weight excluding hydrogens is 222 g/mol. The van der Waals surface area contributed by atoms with Crippen LogP contribution in [0.1, 0.15) is 25.3 Å². The lowest BCUT2D eigenvalue weighted by Gasteiger charge is -2.25. The summed E-state index contributed by atoms with van der Waals surface area (Å²) >= 11 is 6.22. The van der Waals surface area contributed by atoms with E-state index in [4.69, 9.17) is 22.7 Å². The average molecular weight is 238 g/mol. The van der Waals surface area contributed by atoms with Crippen molar-refractivity contribution in [3.63, 3.8) is 0 Å². The van der Waals surface area contributed by atoms with Crippen LogP contribution in [0.5, 0.6) is 0 Å². The van der Waals surface area contributed by atoms with Gasteiger partial charge in [0, 0.05) is 18.2 Å². The molecule has 1 aromatic carbocycles. The van der Waals surface area contributed by atoms with Crippen LogP contribution in [0, 0.1) is 5.41 Å². The molecule has 1 fully saturated rings. The number of benzene rings is 1. The summed E-state index contributed by atoms with van der Waals surface area (Å²) < 4.78 is 0. The second-order valence-corrected chi connectivity index (χ2v) is 4.67. The van der Waals surface area contributed by atoms with Gasteiger partial charge in [0.1, 0.15) is 5.84 Å². The minimum atomic E-state index is 0.0583. The van der Waals surface area contributed by atoms with Crippen LogP contribution in [0.4, 0.5) is 5.69 Å². The van der Waals surface area contributed by atoms with Crippen molar-refractivity contribution in [2.24, 2.45) is 5.73 Å². The number of hydrogen-bond donors (Lipinski definition) is 2. The van der Waals surface area contributed by atoms with Gasteiger partial charge < -0.3 is 10.6 Å². The highest BCUT2D eigenvalue weighted by molar-refractivity contribution is 6.33. The highest BCUT2D eigenvalue weighted by atomic mass is 35.5. The second kappa shape index (κ2) is 4.34. The minimum Gasteiger partial charge on any atom is -0.384 e. The Bertz CT molecular complexity index is 417. The first-order valence-corrected chi connectivity index (χ1v) is 5.88. The number of nitrogens with one attached hydrogen (secondary N) is 1. The summed E-state index contributed by atoms with van der Waals surface area (Å²) in [5.74, 6) is 0.0583. The monoisotopic (exact) mass is 237 g/mol. The Kier molecular flexibility index (Phi) is 3.06. The van der Waals surface area contributed by atoms with Crippen molar-refractivity contribution in [1.82, 2.24) is 0 Å². The fraction of sp³-hybridized carbons (Fsp3) is 0.417. The molecule has 0 amide bonds. The van der Waals surface area contributed by atoms with Crippen LogP contribution in [0.15, 0.2) is 18.2 Å². The molecule has 16 heavy (non-hydrogen) atoms. The molecule has 0 radical (unpaired) electrons. The van der Waals surface area contributed by atoms with Crippen molar-refractivity contribution in [3.05, 3.63) is 28.8 Å². The largest absolute Gasteiger partial charge is 0.384 e. The Morgan fingerprint density at radius 1 is 1.56 bits per heavy atom. The number of amidine groups is 1. The van der Waals surface area contributed by atoms with Gasteiger partial charge in [0.15, 0.2) is 0 Å². The smallest absolute Gasteiger partial charge is 0.122 e. The molecule has 0 spiro atoms. The number of nitrogens with two attached hydrogens (primary N) is 1. The molecule has 3 N–H and O–H groups in total. The summed E-state index contributed by atoms with van der Waals surface area (Å²) in [6.07, 6.45) is 2.43. The van der Waals surface area contributed by atoms with Crippen molar-refractivity contribution in [2.75, 3.05) is 11.4 Å². The molecule has 2 rings (SSSR count). The lowest BCUT2D eigenvalue weighted by atomic mass is 10.1. The Morgan fingerprint density at radius 3 is 2.81 bits per heavy atom. The molecule has 1 atom stereocenters. The summed E-state index contributed by atoms with van der Waals surface area (Å²) in [5.41, 5.74) is 7.16. The van der Waals surface area contributed by atoms with Crippen molar-refractivity contribution in [2.45, 2.75) is 25.8 Å². The van der Waals surface area contributed by atoms with E-state index in [1.54, 1.807) is 6.07 Å². The molecule has 1 aliphatic rings. The van der Waals surface area contributed by atoms with E-state index in [-0.39, 0.29) is 5.84 Å². The zero-order valence-corrected chi connectivity index (χ0v) is 10.1. The second-order valence-electron chi connectivity index (χ2n) is 4.26. The van der Waals surface area contributed by atoms with E-state index in [0.29, 0.717) is 16.6 Å². The van der Waals surface area contributed by atoms with E-state index in [0.717, 1.165) is 12.2 Å². The normalized spacial score (nSPS) is 20.1. The van der Waals surface area contributed by atoms with Crippen LogP contribution in [-0.2, 0) is 0 Å². The standard InChI is InChI=1S/C12H16ClN3/c1-8-3-2-6-16(8)11-5-4-9(12(14)15)7-10(11)13/h4-5,7-8H,2-3,6H2,1H3,(H3,14,15). The van der Waals surface area contributed by atoms with Gasteiger partial charge in [0.05, 0.1) is 10.7 Å². The summed E-state index contributed by atoms with van der Waals surface area (Å²) in [6, 6.07) is 6.13. The topological polar surface area (TPSA) is 53.1 Å². The predicted octanol–water partition coefficient (Wildman–Crippen LogP) is 2.61. The fourth-order valence-electron chi connectivity index (χ4n) is 2.20. The molecular formula is C12H16ClN3. The molecule has 1 aromatic rings. The first-order valence-electron chi connectivity index (χ1n) is 5.50. The summed E-state index contributed by atoms with van der Waals surface area (Å²) in [4.78, 5) is 2.31. The Morgan fingerprint density at radius 2 is 2.31 bits per heavy atom. The van der Waals surface area contributed by atoms with Gasteiger partial charge in [-0.2, -0.15) is 0 Å². The third kappa shape index (κ3) is 2.00. The van der Waals surface area contributed by atoms with Crippen LogP contribution in [0.3, 0.4) is 0 Å². The molecule has 0 saturated carbocycles. The first-order chi connectivity index (χ1) is 7.59. The zero-order chi connectivity index (χ0) is 11.7. The maximum atomic E-state index is 7.36. The average Bonchev–Trinajstić information content (AvgIpc) is 2.64. The lowest BCUT2D eigenvalue weighted by molar-refractivity contribution is 0.735. The van der Waals surface area contributed by atoms with E-state index in [1.165, 1.54) is 12.8 Å². The molecule has 1 aliphatic heterocycles. The Hall–Kier alpha value is -1.22. The minimum absolute atomic E-state index is 0.0583. The van der Waals surface area contributed by atoms with Gasteiger partial charge >= 0.3 is 0 Å². The van der Waals surface area contributed by atoms with Crippen molar-refractivity contribution in [1.29, 1.82) is 5.41 Å². The van der Waals surface area contributed by atoms with Gasteiger partial charge in [-0.15, -0.1) is 0 Å². The molecule has 1 unspecified atom stereocenters. The highest BCUT2D eigenvalue weighted by Crippen LogP contribution is 2.32. The summed E-state index contributed by atoms with van der Waals surface area (Å²) in [5, 5.41) is 8.04. The van der Waals surface area contributed by atoms with Gasteiger partial charge in [-0.1, -0.05) is 11.6 Å². The number of halogens is 1. The Balaban J connectivity index is 2.32. The maximum Gasteiger partial charge on any atom is 0.122 e.